The summed E-state index contributed by atoms with van der Waals surface area (Å²) in [7, 11) is 3.74. The molecule has 0 bridgehead atoms. The normalized spacial score (nSPS) is 22.5. The Morgan fingerprint density at radius 2 is 1.96 bits per heavy atom. The van der Waals surface area contributed by atoms with Crippen LogP contribution in [0.4, 0.5) is 11.4 Å². The van der Waals surface area contributed by atoms with E-state index in [-0.39, 0.29) is 5.92 Å². The minimum Gasteiger partial charge on any atom is -0.495 e. The van der Waals surface area contributed by atoms with Gasteiger partial charge < -0.3 is 25.2 Å². The van der Waals surface area contributed by atoms with Gasteiger partial charge in [-0.1, -0.05) is 0 Å². The maximum absolute atomic E-state index is 12.8. The standard InChI is InChI=1S/C18H28N4O2/c1-20-8-10-21(11-9-20)18(23)14-4-3-7-22(13-14)15-5-6-16(19)17(12-15)24-2/h5-6,12,14H,3-4,7-11,13,19H2,1-2H3. The number of ether oxygens (including phenoxy) is 1. The third-order valence-electron chi connectivity index (χ3n) is 5.17. The van der Waals surface area contributed by atoms with E-state index in [0.29, 0.717) is 17.3 Å². The van der Waals surface area contributed by atoms with Crippen LogP contribution in [0.25, 0.3) is 0 Å². The van der Waals surface area contributed by atoms with Crippen molar-refractivity contribution in [3.63, 3.8) is 0 Å². The van der Waals surface area contributed by atoms with E-state index in [4.69, 9.17) is 10.5 Å². The van der Waals surface area contributed by atoms with Gasteiger partial charge in [-0.05, 0) is 32.0 Å². The fourth-order valence-electron chi connectivity index (χ4n) is 3.59. The van der Waals surface area contributed by atoms with E-state index < -0.39 is 0 Å². The van der Waals surface area contributed by atoms with Crippen LogP contribution in [0.2, 0.25) is 0 Å². The minimum atomic E-state index is 0.0886. The maximum Gasteiger partial charge on any atom is 0.227 e. The van der Waals surface area contributed by atoms with Crippen LogP contribution >= 0.6 is 0 Å². The molecule has 2 aliphatic heterocycles. The van der Waals surface area contributed by atoms with Gasteiger partial charge in [0.05, 0.1) is 18.7 Å². The Morgan fingerprint density at radius 1 is 1.21 bits per heavy atom. The second kappa shape index (κ2) is 7.30. The lowest BCUT2D eigenvalue weighted by atomic mass is 9.95. The van der Waals surface area contributed by atoms with Crippen LogP contribution < -0.4 is 15.4 Å². The molecule has 1 amide bonds. The lowest BCUT2D eigenvalue weighted by molar-refractivity contribution is -0.137. The highest BCUT2D eigenvalue weighted by Crippen LogP contribution is 2.30. The summed E-state index contributed by atoms with van der Waals surface area (Å²) >= 11 is 0. The Labute approximate surface area is 144 Å². The average Bonchev–Trinajstić information content (AvgIpc) is 2.62. The predicted octanol–water partition coefficient (Wildman–Crippen LogP) is 1.27. The highest BCUT2D eigenvalue weighted by molar-refractivity contribution is 5.80. The van der Waals surface area contributed by atoms with E-state index >= 15 is 0 Å². The molecule has 6 nitrogen and oxygen atoms in total. The Bertz CT molecular complexity index is 584. The average molecular weight is 332 g/mol. The molecule has 1 atom stereocenters. The quantitative estimate of drug-likeness (QED) is 0.845. The van der Waals surface area contributed by atoms with Crippen LogP contribution in [0.5, 0.6) is 5.75 Å². The number of methoxy groups -OCH3 is 1. The number of hydrogen-bond donors (Lipinski definition) is 1. The molecule has 2 heterocycles. The number of nitrogen functional groups attached to an aromatic ring is 1. The fraction of sp³-hybridized carbons (Fsp3) is 0.611. The number of amides is 1. The van der Waals surface area contributed by atoms with Crippen molar-refractivity contribution in [2.45, 2.75) is 12.8 Å². The van der Waals surface area contributed by atoms with Crippen molar-refractivity contribution in [2.75, 3.05) is 64.1 Å². The summed E-state index contributed by atoms with van der Waals surface area (Å²) < 4.78 is 5.32. The van der Waals surface area contributed by atoms with Gasteiger partial charge >= 0.3 is 0 Å². The fourth-order valence-corrected chi connectivity index (χ4v) is 3.59. The molecule has 2 saturated heterocycles. The van der Waals surface area contributed by atoms with Crippen LogP contribution in [-0.4, -0.2) is 69.1 Å². The second-order valence-electron chi connectivity index (χ2n) is 6.84. The Morgan fingerprint density at radius 3 is 2.67 bits per heavy atom. The summed E-state index contributed by atoms with van der Waals surface area (Å²) in [5.41, 5.74) is 7.63. The van der Waals surface area contributed by atoms with Crippen LogP contribution in [0.15, 0.2) is 18.2 Å². The number of likely N-dealkylation sites (N-methyl/N-ethyl adjacent to an activating group) is 1. The van der Waals surface area contributed by atoms with Crippen LogP contribution in [0.3, 0.4) is 0 Å². The molecule has 0 saturated carbocycles. The first-order chi connectivity index (χ1) is 11.6. The molecule has 0 aromatic heterocycles. The van der Waals surface area contributed by atoms with E-state index in [0.717, 1.165) is 57.8 Å². The molecule has 1 aromatic carbocycles. The number of rotatable bonds is 3. The number of carbonyl (C=O) groups is 1. The van der Waals surface area contributed by atoms with Crippen molar-refractivity contribution < 1.29 is 9.53 Å². The Hall–Kier alpha value is -1.95. The highest BCUT2D eigenvalue weighted by Gasteiger charge is 2.30. The van der Waals surface area contributed by atoms with Gasteiger partial charge in [0.15, 0.2) is 0 Å². The monoisotopic (exact) mass is 332 g/mol. The number of piperidine rings is 1. The smallest absolute Gasteiger partial charge is 0.227 e. The Balaban J connectivity index is 1.67. The molecule has 0 spiro atoms. The number of nitrogens with two attached hydrogens (primary N) is 1. The largest absolute Gasteiger partial charge is 0.495 e. The second-order valence-corrected chi connectivity index (χ2v) is 6.84. The maximum atomic E-state index is 12.8. The molecule has 0 radical (unpaired) electrons. The molecule has 0 aliphatic carbocycles. The van der Waals surface area contributed by atoms with Gasteiger partial charge in [0.2, 0.25) is 5.91 Å². The zero-order chi connectivity index (χ0) is 17.1. The van der Waals surface area contributed by atoms with Gasteiger partial charge in [0.25, 0.3) is 0 Å². The van der Waals surface area contributed by atoms with Gasteiger partial charge in [-0.25, -0.2) is 0 Å². The van der Waals surface area contributed by atoms with E-state index in [1.165, 1.54) is 0 Å². The molecule has 24 heavy (non-hydrogen) atoms. The molecule has 1 unspecified atom stereocenters. The molecule has 6 heteroatoms. The molecular formula is C18H28N4O2. The number of nitrogens with zero attached hydrogens (tertiary/aromatic N) is 3. The summed E-state index contributed by atoms with van der Waals surface area (Å²) in [6, 6.07) is 5.86. The van der Waals surface area contributed by atoms with Crippen molar-refractivity contribution >= 4 is 17.3 Å². The molecule has 2 N–H and O–H groups in total. The zero-order valence-corrected chi connectivity index (χ0v) is 14.7. The number of benzene rings is 1. The van der Waals surface area contributed by atoms with Crippen molar-refractivity contribution in [3.05, 3.63) is 18.2 Å². The summed E-state index contributed by atoms with van der Waals surface area (Å²) in [5, 5.41) is 0. The lowest BCUT2D eigenvalue weighted by Gasteiger charge is -2.39. The first-order valence-corrected chi connectivity index (χ1v) is 8.74. The first kappa shape index (κ1) is 16.9. The summed E-state index contributed by atoms with van der Waals surface area (Å²) in [6.07, 6.45) is 2.02. The molecule has 2 fully saturated rings. The van der Waals surface area contributed by atoms with Crippen molar-refractivity contribution in [3.8, 4) is 5.75 Å². The molecule has 132 valence electrons. The van der Waals surface area contributed by atoms with Crippen molar-refractivity contribution in [1.82, 2.24) is 9.80 Å². The van der Waals surface area contributed by atoms with Gasteiger partial charge in [-0.3, -0.25) is 4.79 Å². The van der Waals surface area contributed by atoms with Gasteiger partial charge in [-0.2, -0.15) is 0 Å². The summed E-state index contributed by atoms with van der Waals surface area (Å²) in [5.74, 6) is 1.10. The van der Waals surface area contributed by atoms with Gasteiger partial charge in [0, 0.05) is 51.0 Å². The molecular weight excluding hydrogens is 304 g/mol. The number of anilines is 2. The van der Waals surface area contributed by atoms with Crippen LogP contribution in [0, 0.1) is 5.92 Å². The summed E-state index contributed by atoms with van der Waals surface area (Å²) in [6.45, 7) is 5.38. The number of hydrogen-bond acceptors (Lipinski definition) is 5. The third-order valence-corrected chi connectivity index (χ3v) is 5.17. The summed E-state index contributed by atoms with van der Waals surface area (Å²) in [4.78, 5) is 19.4. The predicted molar refractivity (Wildman–Crippen MR) is 96.4 cm³/mol. The zero-order valence-electron chi connectivity index (χ0n) is 14.7. The topological polar surface area (TPSA) is 62.0 Å². The Kier molecular flexibility index (Phi) is 5.14. The van der Waals surface area contributed by atoms with Gasteiger partial charge in [0.1, 0.15) is 5.75 Å². The minimum absolute atomic E-state index is 0.0886. The number of carbonyl (C=O) groups excluding carboxylic acids is 1. The molecule has 2 aliphatic rings. The SMILES string of the molecule is COc1cc(N2CCCC(C(=O)N3CCN(C)CC3)C2)ccc1N. The van der Waals surface area contributed by atoms with Crippen molar-refractivity contribution in [1.29, 1.82) is 0 Å². The van der Waals surface area contributed by atoms with E-state index in [2.05, 4.69) is 16.8 Å². The van der Waals surface area contributed by atoms with E-state index in [9.17, 15) is 4.79 Å². The molecule has 1 aromatic rings. The van der Waals surface area contributed by atoms with Gasteiger partial charge in [-0.15, -0.1) is 0 Å². The third kappa shape index (κ3) is 3.59. The lowest BCUT2D eigenvalue weighted by Crippen LogP contribution is -2.51. The molecule has 3 rings (SSSR count). The highest BCUT2D eigenvalue weighted by atomic mass is 16.5. The first-order valence-electron chi connectivity index (χ1n) is 8.74. The number of piperazine rings is 1. The van der Waals surface area contributed by atoms with E-state index in [1.807, 2.05) is 23.1 Å². The van der Waals surface area contributed by atoms with Crippen LogP contribution in [0.1, 0.15) is 12.8 Å². The van der Waals surface area contributed by atoms with E-state index in [1.54, 1.807) is 7.11 Å². The van der Waals surface area contributed by atoms with Crippen LogP contribution in [-0.2, 0) is 4.79 Å². The van der Waals surface area contributed by atoms with Crippen molar-refractivity contribution in [2.24, 2.45) is 5.92 Å².